The molecule has 0 aliphatic carbocycles. The van der Waals surface area contributed by atoms with Crippen LogP contribution < -0.4 is 10.4 Å². The molecule has 0 amide bonds. The lowest BCUT2D eigenvalue weighted by atomic mass is 9.99. The molecule has 2 aromatic heterocycles. The van der Waals surface area contributed by atoms with Crippen LogP contribution in [-0.2, 0) is 4.74 Å². The van der Waals surface area contributed by atoms with Crippen LogP contribution in [0.3, 0.4) is 0 Å². The zero-order valence-electron chi connectivity index (χ0n) is 14.5. The Kier molecular flexibility index (Phi) is 5.19. The summed E-state index contributed by atoms with van der Waals surface area (Å²) in [7, 11) is 0. The number of thiophene rings is 1. The fourth-order valence-electron chi connectivity index (χ4n) is 3.07. The highest BCUT2D eigenvalue weighted by atomic mass is 32.1. The first-order valence-corrected chi connectivity index (χ1v) is 9.45. The van der Waals surface area contributed by atoms with Crippen molar-refractivity contribution in [2.24, 2.45) is 0 Å². The van der Waals surface area contributed by atoms with E-state index in [-0.39, 0.29) is 11.3 Å². The fraction of sp³-hybridized carbons (Fsp3) is 0.316. The fourth-order valence-corrected chi connectivity index (χ4v) is 3.80. The molecule has 1 fully saturated rings. The molecule has 0 bridgehead atoms. The molecule has 5 atom stereocenters. The molecule has 3 heterocycles. The van der Waals surface area contributed by atoms with Gasteiger partial charge in [-0.3, -0.25) is 0 Å². The second-order valence-corrected chi connectivity index (χ2v) is 7.39. The van der Waals surface area contributed by atoms with Crippen LogP contribution >= 0.6 is 11.3 Å². The van der Waals surface area contributed by atoms with Gasteiger partial charge in [0.15, 0.2) is 0 Å². The molecule has 1 unspecified atom stereocenters. The standard InChI is InChI=1S/C19H18O8S/c20-8-13-15(21)16(22)17(23)19(27-13)25-10-4-3-9-6-11(14-2-1-5-28-14)18(24)26-12(9)7-10/h1-7,13,15-17,19-23H,8H2/t13-,15+,16+,17-,19?/m1/s1. The van der Waals surface area contributed by atoms with Crippen molar-refractivity contribution in [3.8, 4) is 16.2 Å². The third-order valence-electron chi connectivity index (χ3n) is 4.59. The molecule has 0 radical (unpaired) electrons. The lowest BCUT2D eigenvalue weighted by molar-refractivity contribution is -0.277. The van der Waals surface area contributed by atoms with Gasteiger partial charge < -0.3 is 34.3 Å². The minimum Gasteiger partial charge on any atom is -0.462 e. The molecule has 4 N–H and O–H groups in total. The van der Waals surface area contributed by atoms with Crippen LogP contribution in [0, 0.1) is 0 Å². The van der Waals surface area contributed by atoms with Crippen LogP contribution in [0.15, 0.2) is 51.0 Å². The van der Waals surface area contributed by atoms with Gasteiger partial charge in [0.1, 0.15) is 35.7 Å². The molecule has 1 aromatic carbocycles. The van der Waals surface area contributed by atoms with Gasteiger partial charge >= 0.3 is 5.63 Å². The van der Waals surface area contributed by atoms with Gasteiger partial charge in [-0.1, -0.05) is 6.07 Å². The summed E-state index contributed by atoms with van der Waals surface area (Å²) in [5.74, 6) is 0.226. The average Bonchev–Trinajstić information content (AvgIpc) is 3.22. The highest BCUT2D eigenvalue weighted by Crippen LogP contribution is 2.29. The van der Waals surface area contributed by atoms with Crippen LogP contribution in [0.1, 0.15) is 0 Å². The second-order valence-electron chi connectivity index (χ2n) is 6.44. The van der Waals surface area contributed by atoms with E-state index < -0.39 is 42.9 Å². The molecule has 0 saturated carbocycles. The van der Waals surface area contributed by atoms with E-state index in [2.05, 4.69) is 0 Å². The van der Waals surface area contributed by atoms with Crippen LogP contribution in [0.2, 0.25) is 0 Å². The van der Waals surface area contributed by atoms with Gasteiger partial charge in [0.05, 0.1) is 12.2 Å². The molecule has 1 aliphatic heterocycles. The number of hydrogen-bond donors (Lipinski definition) is 4. The maximum absolute atomic E-state index is 12.3. The molecule has 9 heteroatoms. The number of fused-ring (bicyclic) bond motifs is 1. The van der Waals surface area contributed by atoms with Crippen LogP contribution in [0.4, 0.5) is 0 Å². The highest BCUT2D eigenvalue weighted by molar-refractivity contribution is 7.13. The zero-order valence-corrected chi connectivity index (χ0v) is 15.3. The van der Waals surface area contributed by atoms with E-state index in [0.717, 1.165) is 4.88 Å². The molecule has 1 saturated heterocycles. The van der Waals surface area contributed by atoms with Crippen LogP contribution in [0.25, 0.3) is 21.4 Å². The van der Waals surface area contributed by atoms with Crippen LogP contribution in [-0.4, -0.2) is 57.7 Å². The van der Waals surface area contributed by atoms with E-state index in [9.17, 15) is 25.2 Å². The minimum atomic E-state index is -1.54. The number of aliphatic hydroxyl groups excluding tert-OH is 4. The largest absolute Gasteiger partial charge is 0.462 e. The zero-order chi connectivity index (χ0) is 19.8. The van der Waals surface area contributed by atoms with E-state index >= 15 is 0 Å². The Balaban J connectivity index is 1.61. The number of aliphatic hydroxyl groups is 4. The van der Waals surface area contributed by atoms with Gasteiger partial charge in [-0.25, -0.2) is 4.79 Å². The van der Waals surface area contributed by atoms with Gasteiger partial charge in [0.25, 0.3) is 0 Å². The third kappa shape index (κ3) is 3.44. The Bertz CT molecular complexity index is 1010. The molecular weight excluding hydrogens is 388 g/mol. The van der Waals surface area contributed by atoms with Crippen molar-refractivity contribution in [1.29, 1.82) is 0 Å². The second kappa shape index (κ2) is 7.63. The SMILES string of the molecule is O=c1oc2cc(OC3O[C@H](CO)[C@H](O)[C@H](O)[C@H]3O)ccc2cc1-c1cccs1. The molecule has 8 nitrogen and oxygen atoms in total. The highest BCUT2D eigenvalue weighted by Gasteiger charge is 2.44. The number of ether oxygens (including phenoxy) is 2. The van der Waals surface area contributed by atoms with E-state index in [4.69, 9.17) is 13.9 Å². The summed E-state index contributed by atoms with van der Waals surface area (Å²) < 4.78 is 16.3. The first-order valence-electron chi connectivity index (χ1n) is 8.57. The molecule has 1 aliphatic rings. The summed E-state index contributed by atoms with van der Waals surface area (Å²) in [6.45, 7) is -0.553. The van der Waals surface area contributed by atoms with Gasteiger partial charge in [0, 0.05) is 16.3 Å². The Hall–Kier alpha value is -2.27. The monoisotopic (exact) mass is 406 g/mol. The average molecular weight is 406 g/mol. The predicted octanol–water partition coefficient (Wildman–Crippen LogP) is 0.700. The molecule has 0 spiro atoms. The number of rotatable bonds is 4. The lowest BCUT2D eigenvalue weighted by Crippen LogP contribution is -2.60. The van der Waals surface area contributed by atoms with Crippen molar-refractivity contribution in [3.63, 3.8) is 0 Å². The number of hydrogen-bond acceptors (Lipinski definition) is 9. The first-order chi connectivity index (χ1) is 13.5. The minimum absolute atomic E-state index is 0.226. The van der Waals surface area contributed by atoms with Crippen molar-refractivity contribution in [2.45, 2.75) is 30.7 Å². The molecule has 148 valence electrons. The molecule has 3 aromatic rings. The summed E-state index contributed by atoms with van der Waals surface area (Å²) in [6, 6.07) is 10.2. The van der Waals surface area contributed by atoms with Gasteiger partial charge in [-0.2, -0.15) is 0 Å². The summed E-state index contributed by atoms with van der Waals surface area (Å²) in [5, 5.41) is 41.5. The smallest absolute Gasteiger partial charge is 0.345 e. The maximum Gasteiger partial charge on any atom is 0.345 e. The van der Waals surface area contributed by atoms with Gasteiger partial charge in [-0.15, -0.1) is 11.3 Å². The Morgan fingerprint density at radius 2 is 1.89 bits per heavy atom. The summed E-state index contributed by atoms with van der Waals surface area (Å²) in [5.41, 5.74) is 0.262. The van der Waals surface area contributed by atoms with Crippen molar-refractivity contribution < 1.29 is 34.3 Å². The third-order valence-corrected chi connectivity index (χ3v) is 5.50. The van der Waals surface area contributed by atoms with Gasteiger partial charge in [-0.05, 0) is 29.6 Å². The van der Waals surface area contributed by atoms with E-state index in [1.165, 1.54) is 17.4 Å². The Morgan fingerprint density at radius 1 is 1.07 bits per heavy atom. The quantitative estimate of drug-likeness (QED) is 0.466. The van der Waals surface area contributed by atoms with Crippen molar-refractivity contribution >= 4 is 22.3 Å². The predicted molar refractivity (Wildman–Crippen MR) is 100 cm³/mol. The van der Waals surface area contributed by atoms with E-state index in [1.807, 2.05) is 17.5 Å². The Labute approximate surface area is 162 Å². The summed E-state index contributed by atoms with van der Waals surface area (Å²) >= 11 is 1.43. The summed E-state index contributed by atoms with van der Waals surface area (Å²) in [4.78, 5) is 13.1. The van der Waals surface area contributed by atoms with Crippen molar-refractivity contribution in [1.82, 2.24) is 0 Å². The molecule has 4 rings (SSSR count). The number of benzene rings is 1. The van der Waals surface area contributed by atoms with Crippen LogP contribution in [0.5, 0.6) is 5.75 Å². The Morgan fingerprint density at radius 3 is 2.61 bits per heavy atom. The van der Waals surface area contributed by atoms with E-state index in [0.29, 0.717) is 10.9 Å². The van der Waals surface area contributed by atoms with E-state index in [1.54, 1.807) is 18.2 Å². The van der Waals surface area contributed by atoms with Crippen molar-refractivity contribution in [2.75, 3.05) is 6.61 Å². The first kappa shape index (κ1) is 19.1. The molecular formula is C19H18O8S. The normalized spacial score (nSPS) is 27.8. The van der Waals surface area contributed by atoms with Crippen molar-refractivity contribution in [3.05, 3.63) is 52.2 Å². The molecule has 28 heavy (non-hydrogen) atoms. The van der Waals surface area contributed by atoms with Gasteiger partial charge in [0.2, 0.25) is 6.29 Å². The topological polar surface area (TPSA) is 130 Å². The summed E-state index contributed by atoms with van der Waals surface area (Å²) in [6.07, 6.45) is -6.92. The maximum atomic E-state index is 12.3. The lowest BCUT2D eigenvalue weighted by Gasteiger charge is -2.39.